The van der Waals surface area contributed by atoms with Crippen molar-refractivity contribution in [2.75, 3.05) is 42.1 Å². The molecule has 1 atom stereocenters. The van der Waals surface area contributed by atoms with E-state index in [1.54, 1.807) is 21.8 Å². The lowest BCUT2D eigenvalue weighted by Crippen LogP contribution is -2.54. The second-order valence-corrected chi connectivity index (χ2v) is 16.1. The molecule has 0 radical (unpaired) electrons. The summed E-state index contributed by atoms with van der Waals surface area (Å²) in [5.41, 5.74) is 7.78. The Bertz CT molecular complexity index is 2650. The maximum Gasteiger partial charge on any atom is 0.262 e. The predicted octanol–water partition coefficient (Wildman–Crippen LogP) is 4.10. The summed E-state index contributed by atoms with van der Waals surface area (Å²) in [4.78, 5) is 91.2. The van der Waals surface area contributed by atoms with E-state index in [1.165, 1.54) is 17.7 Å². The van der Waals surface area contributed by atoms with Crippen molar-refractivity contribution in [1.82, 2.24) is 39.8 Å². The molecule has 4 N–H and O–H groups in total. The molecule has 5 aromatic rings. The largest absolute Gasteiger partial charge is 0.376 e. The van der Waals surface area contributed by atoms with Crippen molar-refractivity contribution in [1.29, 1.82) is 0 Å². The van der Waals surface area contributed by atoms with Crippen molar-refractivity contribution in [3.63, 3.8) is 0 Å². The van der Waals surface area contributed by atoms with Gasteiger partial charge in [-0.2, -0.15) is 10.1 Å². The number of likely N-dealkylation sites (tertiary alicyclic amines) is 1. The predicted molar refractivity (Wildman–Crippen MR) is 225 cm³/mol. The van der Waals surface area contributed by atoms with E-state index in [0.717, 1.165) is 44.8 Å². The molecule has 2 saturated heterocycles. The molecule has 0 bridgehead atoms. The number of aromatic nitrogens is 4. The molecule has 17 heteroatoms. The highest BCUT2D eigenvalue weighted by molar-refractivity contribution is 6.23. The van der Waals surface area contributed by atoms with E-state index in [2.05, 4.69) is 69.5 Å². The number of fused-ring (bicyclic) bond motifs is 3. The van der Waals surface area contributed by atoms with Crippen molar-refractivity contribution < 1.29 is 28.8 Å². The summed E-state index contributed by atoms with van der Waals surface area (Å²) in [5.74, 6) is -1.45. The number of hydrogen-bond acceptors (Lipinski definition) is 12. The molecule has 2 aromatic heterocycles. The van der Waals surface area contributed by atoms with Crippen molar-refractivity contribution in [2.24, 2.45) is 13.0 Å². The van der Waals surface area contributed by atoms with Gasteiger partial charge in [-0.3, -0.25) is 39.0 Å². The molecule has 2 fully saturated rings. The Morgan fingerprint density at radius 3 is 2.34 bits per heavy atom. The van der Waals surface area contributed by atoms with Crippen molar-refractivity contribution in [3.8, 4) is 0 Å². The fraction of sp³-hybridized carbons (Fsp3) is 0.341. The average Bonchev–Trinajstić information content (AvgIpc) is 3.70. The number of aryl methyl sites for hydroxylation is 3. The lowest BCUT2D eigenvalue weighted by atomic mass is 9.92. The molecular formula is C44H45N11O6. The minimum Gasteiger partial charge on any atom is -0.376 e. The van der Waals surface area contributed by atoms with E-state index in [1.807, 2.05) is 24.1 Å². The summed E-state index contributed by atoms with van der Waals surface area (Å²) in [5, 5.41) is 17.5. The van der Waals surface area contributed by atoms with E-state index >= 15 is 0 Å². The lowest BCUT2D eigenvalue weighted by molar-refractivity contribution is -0.141. The number of carbonyl (C=O) groups is 6. The maximum absolute atomic E-state index is 13.8. The van der Waals surface area contributed by atoms with Crippen LogP contribution in [0.1, 0.15) is 68.7 Å². The van der Waals surface area contributed by atoms with E-state index in [4.69, 9.17) is 4.98 Å². The van der Waals surface area contributed by atoms with E-state index < -0.39 is 29.7 Å². The molecule has 0 aliphatic carbocycles. The van der Waals surface area contributed by atoms with Crippen LogP contribution in [0.3, 0.4) is 0 Å². The van der Waals surface area contributed by atoms with Gasteiger partial charge in [0, 0.05) is 68.8 Å². The number of piperidine rings is 2. The van der Waals surface area contributed by atoms with E-state index in [0.29, 0.717) is 62.1 Å². The zero-order chi connectivity index (χ0) is 42.5. The minimum absolute atomic E-state index is 0.0362. The number of carbonyl (C=O) groups excluding carboxylic acids is 6. The molecule has 6 heterocycles. The summed E-state index contributed by atoms with van der Waals surface area (Å²) < 4.78 is 1.73. The van der Waals surface area contributed by atoms with E-state index in [-0.39, 0.29) is 48.2 Å². The summed E-state index contributed by atoms with van der Waals surface area (Å²) in [6.45, 7) is 6.07. The first-order valence-electron chi connectivity index (χ1n) is 20.5. The van der Waals surface area contributed by atoms with Crippen LogP contribution in [-0.4, -0.2) is 102 Å². The minimum atomic E-state index is -1.05. The first-order chi connectivity index (χ1) is 29.4. The highest BCUT2D eigenvalue weighted by Crippen LogP contribution is 2.32. The molecular weight excluding hydrogens is 779 g/mol. The van der Waals surface area contributed by atoms with Crippen LogP contribution in [-0.2, 0) is 39.2 Å². The van der Waals surface area contributed by atoms with Gasteiger partial charge in [-0.15, -0.1) is 0 Å². The quantitative estimate of drug-likeness (QED) is 0.155. The first-order valence-corrected chi connectivity index (χ1v) is 20.5. The van der Waals surface area contributed by atoms with Gasteiger partial charge in [0.2, 0.25) is 29.6 Å². The van der Waals surface area contributed by atoms with Crippen molar-refractivity contribution in [3.05, 3.63) is 94.2 Å². The molecule has 0 spiro atoms. The number of nitrogens with zero attached hydrogens (tertiary/aromatic N) is 7. The Kier molecular flexibility index (Phi) is 10.2. The highest BCUT2D eigenvalue weighted by atomic mass is 16.2. The third kappa shape index (κ3) is 7.51. The SMILES string of the molecule is Cc1cccc(C)c1Nc1nn(C)c2nc(Nc3ccc4c(c3)CN(C(=O)C3CCN(C(=O)CNc5ccc6c(c5)C(=O)N(C5CCC(=O)NC5=O)C6=O)CC3)CC4)ncc12. The van der Waals surface area contributed by atoms with Crippen LogP contribution >= 0.6 is 0 Å². The van der Waals surface area contributed by atoms with Crippen LogP contribution in [0, 0.1) is 19.8 Å². The van der Waals surface area contributed by atoms with Crippen LogP contribution < -0.4 is 21.3 Å². The van der Waals surface area contributed by atoms with Crippen LogP contribution in [0.4, 0.5) is 28.8 Å². The fourth-order valence-electron chi connectivity index (χ4n) is 8.78. The number of imide groups is 2. The zero-order valence-corrected chi connectivity index (χ0v) is 34.1. The molecule has 61 heavy (non-hydrogen) atoms. The second-order valence-electron chi connectivity index (χ2n) is 16.1. The molecule has 3 aromatic carbocycles. The number of amides is 6. The smallest absolute Gasteiger partial charge is 0.262 e. The van der Waals surface area contributed by atoms with Gasteiger partial charge in [0.25, 0.3) is 11.8 Å². The third-order valence-corrected chi connectivity index (χ3v) is 12.2. The Labute approximate surface area is 350 Å². The van der Waals surface area contributed by atoms with Gasteiger partial charge in [0.1, 0.15) is 6.04 Å². The second kappa shape index (κ2) is 15.8. The fourth-order valence-corrected chi connectivity index (χ4v) is 8.78. The van der Waals surface area contributed by atoms with Crippen LogP contribution in [0.15, 0.2) is 60.8 Å². The van der Waals surface area contributed by atoms with Crippen molar-refractivity contribution in [2.45, 2.75) is 58.5 Å². The Morgan fingerprint density at radius 1 is 0.820 bits per heavy atom. The molecule has 17 nitrogen and oxygen atoms in total. The van der Waals surface area contributed by atoms with Gasteiger partial charge in [0.15, 0.2) is 11.5 Å². The molecule has 0 saturated carbocycles. The number of benzene rings is 3. The Hall–Kier alpha value is -7.17. The summed E-state index contributed by atoms with van der Waals surface area (Å²) >= 11 is 0. The summed E-state index contributed by atoms with van der Waals surface area (Å²) in [6, 6.07) is 15.9. The van der Waals surface area contributed by atoms with Gasteiger partial charge in [0.05, 0.1) is 23.1 Å². The third-order valence-electron chi connectivity index (χ3n) is 12.2. The van der Waals surface area contributed by atoms with Crippen LogP contribution in [0.2, 0.25) is 0 Å². The maximum atomic E-state index is 13.8. The van der Waals surface area contributed by atoms with Gasteiger partial charge < -0.3 is 25.8 Å². The number of rotatable bonds is 9. The molecule has 1 unspecified atom stereocenters. The summed E-state index contributed by atoms with van der Waals surface area (Å²) in [7, 11) is 1.86. The van der Waals surface area contributed by atoms with Crippen molar-refractivity contribution >= 4 is 75.3 Å². The van der Waals surface area contributed by atoms with Gasteiger partial charge >= 0.3 is 0 Å². The number of hydrogen-bond donors (Lipinski definition) is 4. The monoisotopic (exact) mass is 823 g/mol. The van der Waals surface area contributed by atoms with Gasteiger partial charge in [-0.25, -0.2) is 9.67 Å². The van der Waals surface area contributed by atoms with Gasteiger partial charge in [-0.05, 0) is 92.1 Å². The first kappa shape index (κ1) is 39.3. The molecule has 312 valence electrons. The number of nitrogens with one attached hydrogen (secondary N) is 4. The normalized spacial score (nSPS) is 18.0. The van der Waals surface area contributed by atoms with Gasteiger partial charge in [-0.1, -0.05) is 24.3 Å². The topological polar surface area (TPSA) is 204 Å². The molecule has 4 aliphatic heterocycles. The lowest BCUT2D eigenvalue weighted by Gasteiger charge is -2.36. The standard InChI is InChI=1S/C44H45N11O6/c1-24-5-4-6-25(2)37(24)49-38-33-21-46-44(50-39(33)52(3)51-38)47-30-8-7-26-13-18-54(23-28(26)19-30)41(59)27-14-16-53(17-15-27)36(57)22-45-29-9-10-31-32(20-29)43(61)55(42(31)60)34-11-12-35(56)48-40(34)58/h4-10,19-21,27,34,45H,11-18,22-23H2,1-3H3,(H,49,51)(H,46,47,50)(H,48,56,58). The molecule has 4 aliphatic rings. The summed E-state index contributed by atoms with van der Waals surface area (Å²) in [6.07, 6.45) is 3.72. The highest BCUT2D eigenvalue weighted by Gasteiger charge is 2.44. The Morgan fingerprint density at radius 2 is 1.57 bits per heavy atom. The average molecular weight is 824 g/mol. The number of anilines is 5. The van der Waals surface area contributed by atoms with E-state index in [9.17, 15) is 28.8 Å². The number of para-hydroxylation sites is 1. The molecule has 6 amide bonds. The molecule has 9 rings (SSSR count). The Balaban J connectivity index is 0.774. The zero-order valence-electron chi connectivity index (χ0n) is 34.1. The van der Waals surface area contributed by atoms with Crippen LogP contribution in [0.5, 0.6) is 0 Å². The van der Waals surface area contributed by atoms with Crippen LogP contribution in [0.25, 0.3) is 11.0 Å².